The van der Waals surface area contributed by atoms with Crippen molar-refractivity contribution in [3.05, 3.63) is 0 Å². The smallest absolute Gasteiger partial charge is 0.373 e. The highest BCUT2D eigenvalue weighted by atomic mass is 16.2. The third-order valence-electron chi connectivity index (χ3n) is 6.18. The first-order valence-electron chi connectivity index (χ1n) is 11.1. The molecule has 0 heterocycles. The van der Waals surface area contributed by atoms with Gasteiger partial charge in [0.1, 0.15) is 0 Å². The number of hydrogen-bond acceptors (Lipinski definition) is 9. The quantitative estimate of drug-likeness (QED) is 0.466. The topological polar surface area (TPSA) is 180 Å². The summed E-state index contributed by atoms with van der Waals surface area (Å²) >= 11 is 0. The van der Waals surface area contributed by atoms with E-state index in [0.29, 0.717) is 13.1 Å². The lowest BCUT2D eigenvalue weighted by molar-refractivity contribution is -0.191. The summed E-state index contributed by atoms with van der Waals surface area (Å²) in [6.45, 7) is 14.0. The first kappa shape index (κ1) is 33.6. The van der Waals surface area contributed by atoms with Gasteiger partial charge in [0.25, 0.3) is 0 Å². The molecular weight excluding hydrogens is 440 g/mol. The molecule has 0 bridgehead atoms. The Morgan fingerprint density at radius 3 is 1.50 bits per heavy atom. The molecule has 34 heavy (non-hydrogen) atoms. The van der Waals surface area contributed by atoms with Crippen LogP contribution in [0, 0.1) is 21.7 Å². The molecule has 0 aromatic heterocycles. The number of nitrogens with zero attached hydrogens (tertiary/aromatic N) is 3. The van der Waals surface area contributed by atoms with Gasteiger partial charge in [-0.15, -0.1) is 0 Å². The fourth-order valence-corrected chi connectivity index (χ4v) is 6.15. The molecule has 10 nitrogen and oxygen atoms in total. The van der Waals surface area contributed by atoms with Gasteiger partial charge in [-0.05, 0) is 60.2 Å². The number of nitrogens with two attached hydrogens (primary N) is 1. The van der Waals surface area contributed by atoms with Crippen LogP contribution in [0.25, 0.3) is 0 Å². The van der Waals surface area contributed by atoms with Crippen LogP contribution in [-0.2, 0) is 24.0 Å². The number of carbonyl (C=O) groups excluding carboxylic acids is 5. The maximum atomic E-state index is 10.3. The molecule has 0 radical (unpaired) electrons. The first-order valence-corrected chi connectivity index (χ1v) is 11.1. The molecule has 0 aromatic rings. The molecule has 2 fully saturated rings. The molecule has 2 saturated carbocycles. The van der Waals surface area contributed by atoms with Crippen LogP contribution >= 0.6 is 0 Å². The SMILES string of the molecule is CC1(C)CC(N)CC(C)(CN=C=O)C1.CC1(C)CC(N=C=O)CC(C)(CN=C=O)C1.O.O=C=O. The van der Waals surface area contributed by atoms with Gasteiger partial charge in [-0.2, -0.15) is 9.59 Å². The van der Waals surface area contributed by atoms with Crippen molar-refractivity contribution in [2.75, 3.05) is 13.1 Å². The predicted octanol–water partition coefficient (Wildman–Crippen LogP) is 2.70. The van der Waals surface area contributed by atoms with Gasteiger partial charge in [-0.25, -0.2) is 29.4 Å². The summed E-state index contributed by atoms with van der Waals surface area (Å²) in [6, 6.07) is 0.249. The van der Waals surface area contributed by atoms with Crippen molar-refractivity contribution in [2.24, 2.45) is 42.4 Å². The molecule has 4 atom stereocenters. The van der Waals surface area contributed by atoms with E-state index >= 15 is 0 Å². The summed E-state index contributed by atoms with van der Waals surface area (Å²) in [5, 5.41) is 0. The van der Waals surface area contributed by atoms with E-state index in [-0.39, 0.29) is 45.4 Å². The fourth-order valence-electron chi connectivity index (χ4n) is 6.15. The Kier molecular flexibility index (Phi) is 14.5. The maximum Gasteiger partial charge on any atom is 0.373 e. The van der Waals surface area contributed by atoms with Gasteiger partial charge < -0.3 is 11.2 Å². The van der Waals surface area contributed by atoms with Gasteiger partial charge >= 0.3 is 6.15 Å². The number of aliphatic imine (C=N–C) groups is 3. The third kappa shape index (κ3) is 13.2. The van der Waals surface area contributed by atoms with E-state index < -0.39 is 0 Å². The first-order chi connectivity index (χ1) is 15.2. The second-order valence-corrected chi connectivity index (χ2v) is 11.7. The molecule has 2 rings (SSSR count). The van der Waals surface area contributed by atoms with Crippen molar-refractivity contribution in [3.8, 4) is 0 Å². The summed E-state index contributed by atoms with van der Waals surface area (Å²) < 4.78 is 0. The van der Waals surface area contributed by atoms with Gasteiger partial charge in [0, 0.05) is 6.04 Å². The molecule has 2 aliphatic carbocycles. The van der Waals surface area contributed by atoms with E-state index in [4.69, 9.17) is 15.3 Å². The maximum absolute atomic E-state index is 10.3. The zero-order valence-electron chi connectivity index (χ0n) is 21.3. The highest BCUT2D eigenvalue weighted by molar-refractivity contribution is 5.34. The third-order valence-corrected chi connectivity index (χ3v) is 6.18. The zero-order chi connectivity index (χ0) is 25.8. The van der Waals surface area contributed by atoms with E-state index in [2.05, 4.69) is 56.5 Å². The minimum Gasteiger partial charge on any atom is -0.412 e. The van der Waals surface area contributed by atoms with Crippen LogP contribution in [0.4, 0.5) is 0 Å². The fraction of sp³-hybridized carbons (Fsp3) is 0.833. The Bertz CT molecular complexity index is 819. The summed E-state index contributed by atoms with van der Waals surface area (Å²) in [5.41, 5.74) is 6.42. The van der Waals surface area contributed by atoms with E-state index in [0.717, 1.165) is 38.5 Å². The largest absolute Gasteiger partial charge is 0.412 e. The molecule has 10 heteroatoms. The van der Waals surface area contributed by atoms with Crippen LogP contribution in [0.1, 0.15) is 80.1 Å². The average Bonchev–Trinajstić information content (AvgIpc) is 2.63. The van der Waals surface area contributed by atoms with Crippen molar-refractivity contribution in [3.63, 3.8) is 0 Å². The molecular formula is C24H40N4O6. The molecule has 0 amide bonds. The standard InChI is InChI=1S/C12H18N2O2.C11H20N2O.CO2.H2O/c1-11(2)4-10(14-9-16)5-12(3,6-11)7-13-8-15;1-10(2)4-9(12)5-11(3,6-10)7-13-8-14;2-1-3;/h10H,4-7H2,1-3H3;9H,4-7,12H2,1-3H3;;1H2. The van der Waals surface area contributed by atoms with Crippen LogP contribution < -0.4 is 5.73 Å². The van der Waals surface area contributed by atoms with Crippen molar-refractivity contribution in [1.82, 2.24) is 0 Å². The van der Waals surface area contributed by atoms with Gasteiger partial charge in [-0.1, -0.05) is 41.5 Å². The number of rotatable bonds is 5. The summed E-state index contributed by atoms with van der Waals surface area (Å²) in [5.74, 6) is 0. The summed E-state index contributed by atoms with van der Waals surface area (Å²) in [6.07, 6.45) is 10.9. The molecule has 0 aromatic carbocycles. The summed E-state index contributed by atoms with van der Waals surface area (Å²) in [4.78, 5) is 58.1. The Morgan fingerprint density at radius 2 is 1.12 bits per heavy atom. The van der Waals surface area contributed by atoms with Gasteiger partial charge in [-0.3, -0.25) is 0 Å². The predicted molar refractivity (Wildman–Crippen MR) is 126 cm³/mol. The zero-order valence-corrected chi connectivity index (χ0v) is 21.3. The van der Waals surface area contributed by atoms with Crippen molar-refractivity contribution >= 4 is 24.4 Å². The molecule has 0 saturated heterocycles. The minimum absolute atomic E-state index is 0. The van der Waals surface area contributed by atoms with E-state index in [1.807, 2.05) is 0 Å². The van der Waals surface area contributed by atoms with Crippen LogP contribution in [-0.4, -0.2) is 55.0 Å². The minimum atomic E-state index is -0.0653. The average molecular weight is 481 g/mol. The van der Waals surface area contributed by atoms with Crippen LogP contribution in [0.3, 0.4) is 0 Å². The Balaban J connectivity index is 0. The van der Waals surface area contributed by atoms with E-state index in [1.54, 1.807) is 18.2 Å². The van der Waals surface area contributed by atoms with Gasteiger partial charge in [0.2, 0.25) is 18.2 Å². The molecule has 192 valence electrons. The van der Waals surface area contributed by atoms with Crippen molar-refractivity contribution < 1.29 is 29.4 Å². The van der Waals surface area contributed by atoms with E-state index in [1.165, 1.54) is 0 Å². The molecule has 2 aliphatic rings. The van der Waals surface area contributed by atoms with Crippen LogP contribution in [0.2, 0.25) is 0 Å². The lowest BCUT2D eigenvalue weighted by Gasteiger charge is -2.44. The Hall–Kier alpha value is -2.56. The molecule has 4 N–H and O–H groups in total. The second-order valence-electron chi connectivity index (χ2n) is 11.7. The number of hydrogen-bond donors (Lipinski definition) is 1. The second kappa shape index (κ2) is 14.6. The molecule has 4 unspecified atom stereocenters. The highest BCUT2D eigenvalue weighted by Gasteiger charge is 2.41. The van der Waals surface area contributed by atoms with Gasteiger partial charge in [0.05, 0.1) is 19.1 Å². The Morgan fingerprint density at radius 1 is 0.706 bits per heavy atom. The Labute approximate surface area is 201 Å². The normalized spacial score (nSPS) is 30.3. The van der Waals surface area contributed by atoms with Crippen LogP contribution in [0.15, 0.2) is 15.0 Å². The van der Waals surface area contributed by atoms with Gasteiger partial charge in [0.15, 0.2) is 0 Å². The lowest BCUT2D eigenvalue weighted by atomic mass is 9.63. The van der Waals surface area contributed by atoms with Crippen molar-refractivity contribution in [2.45, 2.75) is 92.2 Å². The monoisotopic (exact) mass is 480 g/mol. The number of isocyanates is 3. The van der Waals surface area contributed by atoms with Crippen molar-refractivity contribution in [1.29, 1.82) is 0 Å². The highest BCUT2D eigenvalue weighted by Crippen LogP contribution is 2.47. The summed E-state index contributed by atoms with van der Waals surface area (Å²) in [7, 11) is 0. The van der Waals surface area contributed by atoms with E-state index in [9.17, 15) is 14.4 Å². The van der Waals surface area contributed by atoms with Crippen LogP contribution in [0.5, 0.6) is 0 Å². The molecule has 0 spiro atoms. The lowest BCUT2D eigenvalue weighted by Crippen LogP contribution is -2.43. The molecule has 0 aliphatic heterocycles.